The fourth-order valence-corrected chi connectivity index (χ4v) is 5.25. The summed E-state index contributed by atoms with van der Waals surface area (Å²) in [4.78, 5) is 15.3. The number of nitrogens with one attached hydrogen (secondary N) is 1. The fraction of sp³-hybridized carbons (Fsp3) is 0.947. The summed E-state index contributed by atoms with van der Waals surface area (Å²) < 4.78 is 5.52. The molecule has 26 heavy (non-hydrogen) atoms. The molecule has 0 radical (unpaired) electrons. The van der Waals surface area contributed by atoms with Gasteiger partial charge in [0.1, 0.15) is 0 Å². The van der Waals surface area contributed by atoms with Crippen LogP contribution in [0.2, 0.25) is 0 Å². The molecule has 1 aliphatic heterocycles. The number of rotatable bonds is 6. The van der Waals surface area contributed by atoms with E-state index >= 15 is 0 Å². The first kappa shape index (κ1) is 24.0. The Morgan fingerprint density at radius 1 is 1.12 bits per heavy atom. The molecule has 2 saturated carbocycles. The molecule has 0 unspecified atom stereocenters. The number of halogens is 2. The number of methoxy groups -OCH3 is 1. The van der Waals surface area contributed by atoms with Crippen molar-refractivity contribution in [1.82, 2.24) is 10.2 Å². The Hall–Kier alpha value is -0.0700. The summed E-state index contributed by atoms with van der Waals surface area (Å²) >= 11 is 0. The van der Waals surface area contributed by atoms with E-state index in [-0.39, 0.29) is 42.2 Å². The van der Waals surface area contributed by atoms with Crippen molar-refractivity contribution in [3.05, 3.63) is 0 Å². The van der Waals surface area contributed by atoms with Gasteiger partial charge in [0, 0.05) is 38.2 Å². The van der Waals surface area contributed by atoms with Crippen molar-refractivity contribution >= 4 is 30.7 Å². The van der Waals surface area contributed by atoms with Crippen LogP contribution in [0, 0.1) is 11.8 Å². The van der Waals surface area contributed by atoms with E-state index in [9.17, 15) is 4.79 Å². The van der Waals surface area contributed by atoms with Crippen LogP contribution in [0.25, 0.3) is 0 Å². The summed E-state index contributed by atoms with van der Waals surface area (Å²) in [7, 11) is 1.82. The zero-order valence-corrected chi connectivity index (χ0v) is 17.7. The molecule has 154 valence electrons. The third-order valence-electron chi connectivity index (χ3n) is 6.87. The highest BCUT2D eigenvalue weighted by atomic mass is 35.5. The minimum absolute atomic E-state index is 0. The predicted octanol–water partition coefficient (Wildman–Crippen LogP) is 2.74. The summed E-state index contributed by atoms with van der Waals surface area (Å²) in [5.41, 5.74) is 6.03. The van der Waals surface area contributed by atoms with Gasteiger partial charge in [-0.05, 0) is 51.0 Å². The van der Waals surface area contributed by atoms with Gasteiger partial charge in [0.15, 0.2) is 0 Å². The van der Waals surface area contributed by atoms with E-state index in [1.54, 1.807) is 0 Å². The highest BCUT2D eigenvalue weighted by Gasteiger charge is 2.42. The summed E-state index contributed by atoms with van der Waals surface area (Å²) in [6.07, 6.45) is 10.9. The molecule has 1 amide bonds. The molecule has 7 heteroatoms. The number of carbonyl (C=O) groups is 1. The summed E-state index contributed by atoms with van der Waals surface area (Å²) in [5, 5.41) is 3.33. The van der Waals surface area contributed by atoms with Crippen molar-refractivity contribution in [1.29, 1.82) is 0 Å². The Kier molecular flexibility index (Phi) is 10.2. The van der Waals surface area contributed by atoms with Gasteiger partial charge in [0.05, 0.1) is 6.10 Å². The second kappa shape index (κ2) is 11.1. The van der Waals surface area contributed by atoms with E-state index < -0.39 is 0 Å². The zero-order valence-electron chi connectivity index (χ0n) is 16.1. The molecule has 3 fully saturated rings. The minimum Gasteiger partial charge on any atom is -0.381 e. The molecule has 3 aliphatic rings. The van der Waals surface area contributed by atoms with E-state index in [1.165, 1.54) is 25.7 Å². The van der Waals surface area contributed by atoms with Crippen LogP contribution in [0.4, 0.5) is 0 Å². The number of piperidine rings is 1. The fourth-order valence-electron chi connectivity index (χ4n) is 5.25. The van der Waals surface area contributed by atoms with Crippen LogP contribution in [0.3, 0.4) is 0 Å². The lowest BCUT2D eigenvalue weighted by atomic mass is 9.90. The predicted molar refractivity (Wildman–Crippen MR) is 110 cm³/mol. The van der Waals surface area contributed by atoms with Crippen LogP contribution >= 0.6 is 24.8 Å². The van der Waals surface area contributed by atoms with Gasteiger partial charge in [-0.1, -0.05) is 19.3 Å². The number of carbonyl (C=O) groups excluding carboxylic acids is 1. The normalized spacial score (nSPS) is 29.0. The van der Waals surface area contributed by atoms with E-state index in [0.29, 0.717) is 18.6 Å². The van der Waals surface area contributed by atoms with Gasteiger partial charge < -0.3 is 15.8 Å². The topological polar surface area (TPSA) is 67.6 Å². The highest BCUT2D eigenvalue weighted by Crippen LogP contribution is 2.37. The van der Waals surface area contributed by atoms with E-state index in [4.69, 9.17) is 10.5 Å². The minimum atomic E-state index is 0. The van der Waals surface area contributed by atoms with Crippen molar-refractivity contribution in [3.8, 4) is 0 Å². The molecule has 5 nitrogen and oxygen atoms in total. The number of amides is 1. The third-order valence-corrected chi connectivity index (χ3v) is 6.87. The van der Waals surface area contributed by atoms with Crippen LogP contribution in [0.5, 0.6) is 0 Å². The summed E-state index contributed by atoms with van der Waals surface area (Å²) in [6.45, 7) is 3.66. The van der Waals surface area contributed by atoms with Crippen LogP contribution in [-0.2, 0) is 9.53 Å². The Morgan fingerprint density at radius 3 is 2.35 bits per heavy atom. The summed E-state index contributed by atoms with van der Waals surface area (Å²) in [5.74, 6) is 0.788. The van der Waals surface area contributed by atoms with Gasteiger partial charge in [0.2, 0.25) is 5.91 Å². The Balaban J connectivity index is 0.00000169. The van der Waals surface area contributed by atoms with E-state index in [0.717, 1.165) is 51.7 Å². The van der Waals surface area contributed by atoms with Crippen molar-refractivity contribution in [2.75, 3.05) is 33.3 Å². The molecule has 1 saturated heterocycles. The SMILES string of the molecule is COC1CCN(C2(CNC(=O)[C@@H]3CCC[C@@H]3CN)CCCC2)CC1.Cl.Cl. The molecule has 1 heterocycles. The van der Waals surface area contributed by atoms with Gasteiger partial charge in [-0.25, -0.2) is 0 Å². The van der Waals surface area contributed by atoms with Gasteiger partial charge in [-0.3, -0.25) is 9.69 Å². The number of hydrogen-bond donors (Lipinski definition) is 2. The standard InChI is InChI=1S/C19H35N3O2.2ClH/c1-24-16-7-11-22(12-8-16)19(9-2-3-10-19)14-21-18(23)17-6-4-5-15(17)13-20;;/h15-17H,2-14,20H2,1H3,(H,21,23);2*1H/t15-,17-;;/m1../s1. The molecule has 0 aromatic carbocycles. The lowest BCUT2D eigenvalue weighted by Gasteiger charge is -2.45. The first-order valence-electron chi connectivity index (χ1n) is 9.94. The maximum absolute atomic E-state index is 12.7. The van der Waals surface area contributed by atoms with Crippen LogP contribution in [-0.4, -0.2) is 55.7 Å². The van der Waals surface area contributed by atoms with Crippen molar-refractivity contribution in [2.24, 2.45) is 17.6 Å². The number of nitrogens with zero attached hydrogens (tertiary/aromatic N) is 1. The molecule has 3 N–H and O–H groups in total. The lowest BCUT2D eigenvalue weighted by molar-refractivity contribution is -0.126. The average Bonchev–Trinajstić information content (AvgIpc) is 3.29. The van der Waals surface area contributed by atoms with Crippen molar-refractivity contribution in [3.63, 3.8) is 0 Å². The maximum atomic E-state index is 12.7. The number of hydrogen-bond acceptors (Lipinski definition) is 4. The van der Waals surface area contributed by atoms with E-state index in [1.807, 2.05) is 7.11 Å². The zero-order chi connectivity index (χ0) is 17.0. The van der Waals surface area contributed by atoms with Crippen LogP contribution in [0.1, 0.15) is 57.8 Å². The van der Waals surface area contributed by atoms with Crippen molar-refractivity contribution in [2.45, 2.75) is 69.4 Å². The second-order valence-corrected chi connectivity index (χ2v) is 8.10. The Bertz CT molecular complexity index is 425. The molecule has 0 bridgehead atoms. The van der Waals surface area contributed by atoms with E-state index in [2.05, 4.69) is 10.2 Å². The monoisotopic (exact) mass is 409 g/mol. The van der Waals surface area contributed by atoms with Crippen LogP contribution in [0.15, 0.2) is 0 Å². The van der Waals surface area contributed by atoms with Gasteiger partial charge in [0.25, 0.3) is 0 Å². The number of nitrogens with two attached hydrogens (primary N) is 1. The quantitative estimate of drug-likeness (QED) is 0.707. The number of likely N-dealkylation sites (tertiary alicyclic amines) is 1. The molecular formula is C19H37Cl2N3O2. The molecular weight excluding hydrogens is 373 g/mol. The smallest absolute Gasteiger partial charge is 0.223 e. The molecule has 2 aliphatic carbocycles. The molecule has 3 rings (SSSR count). The molecule has 0 spiro atoms. The maximum Gasteiger partial charge on any atom is 0.223 e. The molecule has 0 aromatic rings. The van der Waals surface area contributed by atoms with Crippen molar-refractivity contribution < 1.29 is 9.53 Å². The largest absolute Gasteiger partial charge is 0.381 e. The molecule has 0 aromatic heterocycles. The average molecular weight is 410 g/mol. The number of ether oxygens (including phenoxy) is 1. The first-order chi connectivity index (χ1) is 11.7. The second-order valence-electron chi connectivity index (χ2n) is 8.10. The van der Waals surface area contributed by atoms with Gasteiger partial charge in [-0.2, -0.15) is 0 Å². The Labute approximate surface area is 171 Å². The van der Waals surface area contributed by atoms with Gasteiger partial charge >= 0.3 is 0 Å². The summed E-state index contributed by atoms with van der Waals surface area (Å²) in [6, 6.07) is 0. The first-order valence-corrected chi connectivity index (χ1v) is 9.94. The molecule has 2 atom stereocenters. The lowest BCUT2D eigenvalue weighted by Crippen LogP contribution is -2.57. The Morgan fingerprint density at radius 2 is 1.77 bits per heavy atom. The third kappa shape index (κ3) is 5.26. The van der Waals surface area contributed by atoms with Gasteiger partial charge in [-0.15, -0.1) is 24.8 Å². The van der Waals surface area contributed by atoms with Crippen LogP contribution < -0.4 is 11.1 Å². The highest BCUT2D eigenvalue weighted by molar-refractivity contribution is 5.85.